The normalized spacial score (nSPS) is 14.3. The van der Waals surface area contributed by atoms with E-state index < -0.39 is 0 Å². The fourth-order valence-electron chi connectivity index (χ4n) is 2.56. The molecule has 1 fully saturated rings. The monoisotopic (exact) mass is 419 g/mol. The summed E-state index contributed by atoms with van der Waals surface area (Å²) in [6, 6.07) is 7.60. The van der Waals surface area contributed by atoms with Gasteiger partial charge in [0.1, 0.15) is 5.71 Å². The molecule has 0 spiro atoms. The van der Waals surface area contributed by atoms with Gasteiger partial charge < -0.3 is 15.5 Å². The predicted molar refractivity (Wildman–Crippen MR) is 122 cm³/mol. The molecule has 1 aromatic carbocycles. The van der Waals surface area contributed by atoms with Gasteiger partial charge in [-0.3, -0.25) is 15.6 Å². The summed E-state index contributed by atoms with van der Waals surface area (Å²) in [6.45, 7) is 6.05. The average Bonchev–Trinajstić information content (AvgIpc) is 3.11. The molecule has 8 nitrogen and oxygen atoms in total. The van der Waals surface area contributed by atoms with Gasteiger partial charge in [0.05, 0.1) is 6.21 Å². The summed E-state index contributed by atoms with van der Waals surface area (Å²) in [5, 5.41) is 15.2. The SMILES string of the molecule is CCNC(=S)N/N=C/C(=N/NC(=S)NCC)c1ccc(N2CCCC2=O)cc1. The van der Waals surface area contributed by atoms with Crippen molar-refractivity contribution >= 4 is 58.2 Å². The number of anilines is 1. The number of hydrazone groups is 2. The van der Waals surface area contributed by atoms with E-state index >= 15 is 0 Å². The minimum Gasteiger partial charge on any atom is -0.362 e. The molecule has 1 saturated heterocycles. The third-order valence-electron chi connectivity index (χ3n) is 3.85. The number of rotatable bonds is 7. The smallest absolute Gasteiger partial charge is 0.227 e. The molecule has 0 bridgehead atoms. The van der Waals surface area contributed by atoms with Crippen molar-refractivity contribution in [3.05, 3.63) is 29.8 Å². The predicted octanol–water partition coefficient (Wildman–Crippen LogP) is 1.47. The van der Waals surface area contributed by atoms with E-state index in [0.717, 1.165) is 24.2 Å². The number of thiocarbonyl (C=S) groups is 2. The van der Waals surface area contributed by atoms with E-state index in [2.05, 4.69) is 31.7 Å². The first-order valence-electron chi connectivity index (χ1n) is 9.14. The number of nitrogens with one attached hydrogen (secondary N) is 4. The zero-order chi connectivity index (χ0) is 20.4. The van der Waals surface area contributed by atoms with Gasteiger partial charge in [-0.1, -0.05) is 12.1 Å². The minimum atomic E-state index is 0.155. The highest BCUT2D eigenvalue weighted by Gasteiger charge is 2.21. The van der Waals surface area contributed by atoms with Crippen LogP contribution in [0.5, 0.6) is 0 Å². The standard InChI is InChI=1S/C18H25N7OS2/c1-3-19-17(27)23-21-12-15(22-24-18(28)20-4-2)13-7-9-14(10-8-13)25-11-5-6-16(25)26/h7-10,12H,3-6,11H2,1-2H3,(H2,19,23,27)(H2,20,24,28)/b21-12+,22-15-. The van der Waals surface area contributed by atoms with E-state index in [0.29, 0.717) is 35.4 Å². The maximum absolute atomic E-state index is 11.9. The molecule has 0 aromatic heterocycles. The number of hydrogen-bond donors (Lipinski definition) is 4. The molecule has 10 heteroatoms. The molecule has 0 radical (unpaired) electrons. The second-order valence-corrected chi connectivity index (χ2v) is 6.71. The maximum Gasteiger partial charge on any atom is 0.227 e. The highest BCUT2D eigenvalue weighted by Crippen LogP contribution is 2.21. The molecular formula is C18H25N7OS2. The van der Waals surface area contributed by atoms with Gasteiger partial charge >= 0.3 is 0 Å². The van der Waals surface area contributed by atoms with Crippen molar-refractivity contribution in [2.45, 2.75) is 26.7 Å². The molecule has 4 N–H and O–H groups in total. The van der Waals surface area contributed by atoms with Crippen molar-refractivity contribution in [3.63, 3.8) is 0 Å². The molecule has 0 unspecified atom stereocenters. The second-order valence-electron chi connectivity index (χ2n) is 5.89. The number of benzene rings is 1. The molecule has 1 aliphatic heterocycles. The highest BCUT2D eigenvalue weighted by molar-refractivity contribution is 7.80. The van der Waals surface area contributed by atoms with Crippen LogP contribution in [0.2, 0.25) is 0 Å². The number of hydrogen-bond acceptors (Lipinski definition) is 5. The van der Waals surface area contributed by atoms with Crippen LogP contribution in [0.3, 0.4) is 0 Å². The molecule has 2 rings (SSSR count). The molecule has 1 amide bonds. The van der Waals surface area contributed by atoms with Gasteiger partial charge in [-0.25, -0.2) is 0 Å². The number of carbonyl (C=O) groups is 1. The first-order valence-corrected chi connectivity index (χ1v) is 9.96. The number of carbonyl (C=O) groups excluding carboxylic acids is 1. The lowest BCUT2D eigenvalue weighted by molar-refractivity contribution is -0.117. The Hall–Kier alpha value is -2.59. The van der Waals surface area contributed by atoms with Crippen LogP contribution < -0.4 is 26.4 Å². The summed E-state index contributed by atoms with van der Waals surface area (Å²) in [7, 11) is 0. The van der Waals surface area contributed by atoms with Gasteiger partial charge in [0.25, 0.3) is 0 Å². The Morgan fingerprint density at radius 3 is 2.32 bits per heavy atom. The van der Waals surface area contributed by atoms with E-state index in [1.54, 1.807) is 11.1 Å². The van der Waals surface area contributed by atoms with E-state index in [9.17, 15) is 4.79 Å². The zero-order valence-electron chi connectivity index (χ0n) is 16.0. The molecule has 1 heterocycles. The molecule has 150 valence electrons. The average molecular weight is 420 g/mol. The van der Waals surface area contributed by atoms with Crippen LogP contribution in [0.15, 0.2) is 34.5 Å². The molecular weight excluding hydrogens is 394 g/mol. The fraction of sp³-hybridized carbons (Fsp3) is 0.389. The Morgan fingerprint density at radius 2 is 1.75 bits per heavy atom. The molecule has 0 atom stereocenters. The zero-order valence-corrected chi connectivity index (χ0v) is 17.6. The summed E-state index contributed by atoms with van der Waals surface area (Å²) in [5.74, 6) is 0.155. The van der Waals surface area contributed by atoms with Crippen LogP contribution in [0, 0.1) is 0 Å². The second kappa shape index (κ2) is 11.3. The lowest BCUT2D eigenvalue weighted by Crippen LogP contribution is -2.33. The number of amides is 1. The van der Waals surface area contributed by atoms with Crippen molar-refractivity contribution in [2.75, 3.05) is 24.5 Å². The van der Waals surface area contributed by atoms with Crippen LogP contribution in [-0.4, -0.2) is 47.7 Å². The summed E-state index contributed by atoms with van der Waals surface area (Å²) in [6.07, 6.45) is 3.05. The largest absolute Gasteiger partial charge is 0.362 e. The third-order valence-corrected chi connectivity index (χ3v) is 4.32. The van der Waals surface area contributed by atoms with Gasteiger partial charge in [-0.15, -0.1) is 0 Å². The van der Waals surface area contributed by atoms with Gasteiger partial charge in [0.15, 0.2) is 10.2 Å². The van der Waals surface area contributed by atoms with Crippen molar-refractivity contribution in [3.8, 4) is 0 Å². The first-order chi connectivity index (χ1) is 13.5. The minimum absolute atomic E-state index is 0.155. The van der Waals surface area contributed by atoms with E-state index in [4.69, 9.17) is 24.4 Å². The van der Waals surface area contributed by atoms with Crippen LogP contribution in [0.25, 0.3) is 0 Å². The first kappa shape index (κ1) is 21.7. The lowest BCUT2D eigenvalue weighted by Gasteiger charge is -2.16. The Bertz CT molecular complexity index is 762. The third kappa shape index (κ3) is 6.54. The summed E-state index contributed by atoms with van der Waals surface area (Å²) >= 11 is 10.2. The van der Waals surface area contributed by atoms with E-state index in [-0.39, 0.29) is 5.91 Å². The summed E-state index contributed by atoms with van der Waals surface area (Å²) < 4.78 is 0. The van der Waals surface area contributed by atoms with Crippen LogP contribution in [0.1, 0.15) is 32.3 Å². The Kier molecular flexibility index (Phi) is 8.76. The highest BCUT2D eigenvalue weighted by atomic mass is 32.1. The Labute approximate surface area is 175 Å². The molecule has 0 aliphatic carbocycles. The van der Waals surface area contributed by atoms with Gasteiger partial charge in [0, 0.05) is 37.3 Å². The molecule has 1 aliphatic rings. The topological polar surface area (TPSA) is 93.2 Å². The van der Waals surface area contributed by atoms with Crippen molar-refractivity contribution in [1.29, 1.82) is 0 Å². The van der Waals surface area contributed by atoms with Gasteiger partial charge in [-0.2, -0.15) is 10.2 Å². The molecule has 1 aromatic rings. The van der Waals surface area contributed by atoms with Crippen LogP contribution in [0.4, 0.5) is 5.69 Å². The van der Waals surface area contributed by atoms with Crippen molar-refractivity contribution in [2.24, 2.45) is 10.2 Å². The fourth-order valence-corrected chi connectivity index (χ4v) is 2.95. The molecule has 28 heavy (non-hydrogen) atoms. The van der Waals surface area contributed by atoms with Crippen LogP contribution in [-0.2, 0) is 4.79 Å². The lowest BCUT2D eigenvalue weighted by atomic mass is 10.1. The van der Waals surface area contributed by atoms with E-state index in [1.807, 2.05) is 38.1 Å². The van der Waals surface area contributed by atoms with Gasteiger partial charge in [-0.05, 0) is 56.8 Å². The Balaban J connectivity index is 2.16. The number of nitrogens with zero attached hydrogens (tertiary/aromatic N) is 3. The van der Waals surface area contributed by atoms with E-state index in [1.165, 1.54) is 0 Å². The van der Waals surface area contributed by atoms with Gasteiger partial charge in [0.2, 0.25) is 5.91 Å². The summed E-state index contributed by atoms with van der Waals surface area (Å²) in [5.41, 5.74) is 7.80. The quantitative estimate of drug-likeness (QED) is 0.302. The Morgan fingerprint density at radius 1 is 1.11 bits per heavy atom. The maximum atomic E-state index is 11.9. The molecule has 0 saturated carbocycles. The van der Waals surface area contributed by atoms with Crippen LogP contribution >= 0.6 is 24.4 Å². The van der Waals surface area contributed by atoms with Crippen molar-refractivity contribution in [1.82, 2.24) is 21.5 Å². The van der Waals surface area contributed by atoms with Crippen molar-refractivity contribution < 1.29 is 4.79 Å². The summed E-state index contributed by atoms with van der Waals surface area (Å²) in [4.78, 5) is 13.7.